The lowest BCUT2D eigenvalue weighted by molar-refractivity contribution is -0.142. The van der Waals surface area contributed by atoms with Crippen LogP contribution in [0.4, 0.5) is 0 Å². The second kappa shape index (κ2) is 6.08. The van der Waals surface area contributed by atoms with E-state index in [2.05, 4.69) is 0 Å². The molecule has 1 amide bonds. The summed E-state index contributed by atoms with van der Waals surface area (Å²) in [5.74, 6) is 0.00227. The lowest BCUT2D eigenvalue weighted by atomic mass is 10.0. The van der Waals surface area contributed by atoms with E-state index >= 15 is 0 Å². The molecule has 0 saturated carbocycles. The minimum absolute atomic E-state index is 0.00186. The summed E-state index contributed by atoms with van der Waals surface area (Å²) in [7, 11) is 0. The number of carbonyl (C=O) groups is 1. The molecule has 1 heterocycles. The van der Waals surface area contributed by atoms with Crippen molar-refractivity contribution in [3.05, 3.63) is 0 Å². The Morgan fingerprint density at radius 2 is 2.27 bits per heavy atom. The Morgan fingerprint density at radius 3 is 2.87 bits per heavy atom. The van der Waals surface area contributed by atoms with Crippen molar-refractivity contribution in [1.29, 1.82) is 0 Å². The van der Waals surface area contributed by atoms with Gasteiger partial charge in [-0.1, -0.05) is 0 Å². The van der Waals surface area contributed by atoms with Crippen LogP contribution in [0.1, 0.15) is 33.1 Å². The molecule has 0 spiro atoms. The molecule has 1 unspecified atom stereocenters. The van der Waals surface area contributed by atoms with Crippen LogP contribution in [0.5, 0.6) is 0 Å². The Kier molecular flexibility index (Phi) is 5.05. The van der Waals surface area contributed by atoms with Gasteiger partial charge in [0.05, 0.1) is 18.8 Å². The van der Waals surface area contributed by atoms with E-state index in [0.717, 1.165) is 25.8 Å². The van der Waals surface area contributed by atoms with Crippen LogP contribution in [0, 0.1) is 0 Å². The third kappa shape index (κ3) is 3.80. The minimum Gasteiger partial charge on any atom is -0.394 e. The van der Waals surface area contributed by atoms with E-state index in [1.165, 1.54) is 0 Å². The van der Waals surface area contributed by atoms with Gasteiger partial charge in [-0.15, -0.1) is 0 Å². The third-order valence-corrected chi connectivity index (χ3v) is 2.70. The zero-order chi connectivity index (χ0) is 11.3. The van der Waals surface area contributed by atoms with Gasteiger partial charge in [-0.05, 0) is 33.1 Å². The Labute approximate surface area is 91.2 Å². The highest BCUT2D eigenvalue weighted by molar-refractivity contribution is 5.77. The number of hydrogen-bond acceptors (Lipinski definition) is 3. The van der Waals surface area contributed by atoms with E-state index in [9.17, 15) is 4.79 Å². The maximum absolute atomic E-state index is 11.8. The summed E-state index contributed by atoms with van der Waals surface area (Å²) in [6.45, 7) is 4.77. The maximum atomic E-state index is 11.8. The fourth-order valence-electron chi connectivity index (χ4n) is 1.84. The van der Waals surface area contributed by atoms with Crippen molar-refractivity contribution in [3.8, 4) is 0 Å². The molecule has 1 aliphatic rings. The molecule has 0 aromatic heterocycles. The number of ether oxygens (including phenoxy) is 1. The van der Waals surface area contributed by atoms with E-state index in [0.29, 0.717) is 0 Å². The van der Waals surface area contributed by atoms with Gasteiger partial charge >= 0.3 is 0 Å². The predicted octanol–water partition coefficient (Wildman–Crippen LogP) is 0.785. The van der Waals surface area contributed by atoms with Gasteiger partial charge in [0.25, 0.3) is 0 Å². The zero-order valence-electron chi connectivity index (χ0n) is 9.61. The number of aliphatic hydroxyl groups is 1. The molecule has 0 aromatic rings. The first-order chi connectivity index (χ1) is 7.15. The first-order valence-electron chi connectivity index (χ1n) is 5.67. The highest BCUT2D eigenvalue weighted by Crippen LogP contribution is 2.16. The molecule has 1 atom stereocenters. The third-order valence-electron chi connectivity index (χ3n) is 2.70. The number of nitrogens with zero attached hydrogens (tertiary/aromatic N) is 1. The molecule has 4 nitrogen and oxygen atoms in total. The molecule has 1 N–H and O–H groups in total. The summed E-state index contributed by atoms with van der Waals surface area (Å²) in [5, 5.41) is 9.15. The quantitative estimate of drug-likeness (QED) is 0.754. The number of likely N-dealkylation sites (tertiary alicyclic amines) is 1. The van der Waals surface area contributed by atoms with Crippen molar-refractivity contribution in [2.24, 2.45) is 0 Å². The highest BCUT2D eigenvalue weighted by atomic mass is 16.5. The van der Waals surface area contributed by atoms with Gasteiger partial charge in [-0.2, -0.15) is 0 Å². The predicted molar refractivity (Wildman–Crippen MR) is 57.5 cm³/mol. The number of carbonyl (C=O) groups excluding carboxylic acids is 1. The monoisotopic (exact) mass is 215 g/mol. The summed E-state index contributed by atoms with van der Waals surface area (Å²) in [5.41, 5.74) is 0. The summed E-state index contributed by atoms with van der Waals surface area (Å²) in [6, 6.07) is 0.00186. The molecule has 1 saturated heterocycles. The van der Waals surface area contributed by atoms with E-state index in [4.69, 9.17) is 9.84 Å². The molecule has 4 heteroatoms. The van der Waals surface area contributed by atoms with Gasteiger partial charge in [0.2, 0.25) is 5.91 Å². The standard InChI is InChI=1S/C11H21NO3/c1-9(2)15-8-11(14)12-6-4-3-5-10(12)7-13/h9-10,13H,3-8H2,1-2H3. The van der Waals surface area contributed by atoms with Crippen LogP contribution in [0.15, 0.2) is 0 Å². The summed E-state index contributed by atoms with van der Waals surface area (Å²) < 4.78 is 5.28. The molecule has 1 rings (SSSR count). The average molecular weight is 215 g/mol. The topological polar surface area (TPSA) is 49.8 Å². The molecular formula is C11H21NO3. The smallest absolute Gasteiger partial charge is 0.248 e. The SMILES string of the molecule is CC(C)OCC(=O)N1CCCCC1CO. The van der Waals surface area contributed by atoms with Crippen molar-refractivity contribution in [3.63, 3.8) is 0 Å². The Hall–Kier alpha value is -0.610. The van der Waals surface area contributed by atoms with Crippen LogP contribution in [-0.4, -0.2) is 47.8 Å². The molecule has 15 heavy (non-hydrogen) atoms. The number of aliphatic hydroxyl groups excluding tert-OH is 1. The maximum Gasteiger partial charge on any atom is 0.248 e. The van der Waals surface area contributed by atoms with Gasteiger partial charge in [0, 0.05) is 6.54 Å². The van der Waals surface area contributed by atoms with Crippen LogP contribution in [-0.2, 0) is 9.53 Å². The van der Waals surface area contributed by atoms with Crippen LogP contribution in [0.25, 0.3) is 0 Å². The molecule has 0 aromatic carbocycles. The first-order valence-corrected chi connectivity index (χ1v) is 5.67. The van der Waals surface area contributed by atoms with Crippen LogP contribution in [0.2, 0.25) is 0 Å². The Balaban J connectivity index is 2.41. The number of amides is 1. The van der Waals surface area contributed by atoms with Crippen LogP contribution < -0.4 is 0 Å². The van der Waals surface area contributed by atoms with Gasteiger partial charge < -0.3 is 14.7 Å². The largest absolute Gasteiger partial charge is 0.394 e. The van der Waals surface area contributed by atoms with Gasteiger partial charge in [0.1, 0.15) is 6.61 Å². The number of hydrogen-bond donors (Lipinski definition) is 1. The van der Waals surface area contributed by atoms with E-state index in [1.54, 1.807) is 4.90 Å². The zero-order valence-corrected chi connectivity index (χ0v) is 9.61. The van der Waals surface area contributed by atoms with Crippen LogP contribution >= 0.6 is 0 Å². The Morgan fingerprint density at radius 1 is 1.53 bits per heavy atom. The van der Waals surface area contributed by atoms with Gasteiger partial charge in [-0.25, -0.2) is 0 Å². The first kappa shape index (κ1) is 12.5. The molecule has 1 aliphatic heterocycles. The van der Waals surface area contributed by atoms with Crippen LogP contribution in [0.3, 0.4) is 0 Å². The second-order valence-electron chi connectivity index (χ2n) is 4.28. The summed E-state index contributed by atoms with van der Waals surface area (Å²) in [4.78, 5) is 13.5. The van der Waals surface area contributed by atoms with Gasteiger partial charge in [-0.3, -0.25) is 4.79 Å². The fourth-order valence-corrected chi connectivity index (χ4v) is 1.84. The van der Waals surface area contributed by atoms with E-state index < -0.39 is 0 Å². The molecular weight excluding hydrogens is 194 g/mol. The molecule has 0 radical (unpaired) electrons. The summed E-state index contributed by atoms with van der Waals surface area (Å²) in [6.07, 6.45) is 3.11. The Bertz CT molecular complexity index is 206. The average Bonchev–Trinajstić information content (AvgIpc) is 2.25. The molecule has 88 valence electrons. The van der Waals surface area contributed by atoms with Crippen molar-refractivity contribution < 1.29 is 14.6 Å². The van der Waals surface area contributed by atoms with Crippen molar-refractivity contribution in [2.45, 2.75) is 45.3 Å². The van der Waals surface area contributed by atoms with Crippen molar-refractivity contribution in [1.82, 2.24) is 4.90 Å². The molecule has 1 fully saturated rings. The minimum atomic E-state index is 0.00186. The van der Waals surface area contributed by atoms with Gasteiger partial charge in [0.15, 0.2) is 0 Å². The highest BCUT2D eigenvalue weighted by Gasteiger charge is 2.25. The fraction of sp³-hybridized carbons (Fsp3) is 0.909. The van der Waals surface area contributed by atoms with E-state index in [1.807, 2.05) is 13.8 Å². The van der Waals surface area contributed by atoms with E-state index in [-0.39, 0.29) is 31.3 Å². The summed E-state index contributed by atoms with van der Waals surface area (Å²) >= 11 is 0. The molecule has 0 bridgehead atoms. The second-order valence-corrected chi connectivity index (χ2v) is 4.28. The van der Waals surface area contributed by atoms with Crippen molar-refractivity contribution >= 4 is 5.91 Å². The molecule has 0 aliphatic carbocycles. The lowest BCUT2D eigenvalue weighted by Crippen LogP contribution is -2.47. The normalized spacial score (nSPS) is 22.1. The van der Waals surface area contributed by atoms with Crippen molar-refractivity contribution in [2.75, 3.05) is 19.8 Å². The lowest BCUT2D eigenvalue weighted by Gasteiger charge is -2.34. The number of piperidine rings is 1. The number of rotatable bonds is 4.